The molecule has 1 aromatic rings. The lowest BCUT2D eigenvalue weighted by Crippen LogP contribution is -2.57. The molecule has 4 unspecified atom stereocenters. The molecule has 1 aromatic carbocycles. The highest BCUT2D eigenvalue weighted by atomic mass is 16.4. The Morgan fingerprint density at radius 1 is 1.08 bits per heavy atom. The standard InChI is InChI=1S/C26H41N7O5/c1-16(2)14-20(32-22(34)18(27)15-17-8-4-3-5-9-17)23(35)31-19(10-6-12-30-26(28)29)24(36)33-13-7-11-21(33)25(37)38/h3-5,8-9,16,18-21H,6-7,10-15,27H2,1-2H3,(H,31,35)(H,32,34)(H,37,38)(H4,28,29,30). The minimum atomic E-state index is -1.08. The van der Waals surface area contributed by atoms with Gasteiger partial charge in [-0.05, 0) is 50.0 Å². The Hall–Kier alpha value is -3.67. The second-order valence-electron chi connectivity index (χ2n) is 10.0. The van der Waals surface area contributed by atoms with E-state index >= 15 is 0 Å². The van der Waals surface area contributed by atoms with Crippen LogP contribution in [0.2, 0.25) is 0 Å². The monoisotopic (exact) mass is 531 g/mol. The van der Waals surface area contributed by atoms with Crippen LogP contribution in [0.25, 0.3) is 0 Å². The van der Waals surface area contributed by atoms with Gasteiger partial charge in [-0.25, -0.2) is 4.79 Å². The fraction of sp³-hybridized carbons (Fsp3) is 0.577. The predicted molar refractivity (Wildman–Crippen MR) is 144 cm³/mol. The van der Waals surface area contributed by atoms with Crippen LogP contribution in [0.1, 0.15) is 51.5 Å². The Bertz CT molecular complexity index is 981. The molecule has 1 heterocycles. The number of carboxylic acid groups (broad SMARTS) is 1. The maximum Gasteiger partial charge on any atom is 0.326 e. The van der Waals surface area contributed by atoms with Gasteiger partial charge >= 0.3 is 5.97 Å². The van der Waals surface area contributed by atoms with E-state index in [0.29, 0.717) is 32.1 Å². The normalized spacial score (nSPS) is 17.4. The number of guanidine groups is 1. The van der Waals surface area contributed by atoms with E-state index in [1.54, 1.807) is 0 Å². The van der Waals surface area contributed by atoms with Gasteiger partial charge in [-0.2, -0.15) is 0 Å². The van der Waals surface area contributed by atoms with Crippen molar-refractivity contribution in [2.75, 3.05) is 13.1 Å². The summed E-state index contributed by atoms with van der Waals surface area (Å²) in [6.07, 6.45) is 2.11. The number of carbonyl (C=O) groups is 4. The molecule has 38 heavy (non-hydrogen) atoms. The first-order valence-corrected chi connectivity index (χ1v) is 13.0. The summed E-state index contributed by atoms with van der Waals surface area (Å²) in [6.45, 7) is 4.35. The van der Waals surface area contributed by atoms with Gasteiger partial charge in [-0.15, -0.1) is 0 Å². The van der Waals surface area contributed by atoms with E-state index in [-0.39, 0.29) is 31.4 Å². The molecule has 210 valence electrons. The summed E-state index contributed by atoms with van der Waals surface area (Å²) in [5.74, 6) is -2.61. The summed E-state index contributed by atoms with van der Waals surface area (Å²) in [7, 11) is 0. The Labute approximate surface area is 223 Å². The number of aliphatic carboxylic acids is 1. The van der Waals surface area contributed by atoms with Crippen LogP contribution < -0.4 is 27.8 Å². The zero-order valence-corrected chi connectivity index (χ0v) is 22.1. The average molecular weight is 532 g/mol. The van der Waals surface area contributed by atoms with Crippen LogP contribution in [-0.2, 0) is 25.6 Å². The van der Waals surface area contributed by atoms with Gasteiger partial charge in [0, 0.05) is 13.1 Å². The Morgan fingerprint density at radius 2 is 1.74 bits per heavy atom. The average Bonchev–Trinajstić information content (AvgIpc) is 3.35. The van der Waals surface area contributed by atoms with Gasteiger partial charge in [0.15, 0.2) is 5.96 Å². The summed E-state index contributed by atoms with van der Waals surface area (Å²) in [6, 6.07) is 5.59. The number of benzene rings is 1. The summed E-state index contributed by atoms with van der Waals surface area (Å²) in [4.78, 5) is 56.4. The second-order valence-corrected chi connectivity index (χ2v) is 10.0. The first-order chi connectivity index (χ1) is 18.0. The van der Waals surface area contributed by atoms with Gasteiger partial charge in [0.25, 0.3) is 0 Å². The summed E-state index contributed by atoms with van der Waals surface area (Å²) in [5.41, 5.74) is 17.8. The molecule has 2 rings (SSSR count). The van der Waals surface area contributed by atoms with Crippen molar-refractivity contribution in [1.82, 2.24) is 15.5 Å². The van der Waals surface area contributed by atoms with Crippen LogP contribution in [0.4, 0.5) is 0 Å². The third-order valence-electron chi connectivity index (χ3n) is 6.36. The van der Waals surface area contributed by atoms with Gasteiger partial charge in [-0.3, -0.25) is 19.4 Å². The van der Waals surface area contributed by atoms with Crippen LogP contribution >= 0.6 is 0 Å². The number of nitrogens with zero attached hydrogens (tertiary/aromatic N) is 2. The maximum atomic E-state index is 13.4. The molecule has 0 saturated carbocycles. The van der Waals surface area contributed by atoms with E-state index in [1.165, 1.54) is 4.90 Å². The lowest BCUT2D eigenvalue weighted by atomic mass is 10.0. The minimum absolute atomic E-state index is 0.0578. The van der Waals surface area contributed by atoms with Gasteiger partial charge in [0.1, 0.15) is 18.1 Å². The number of carboxylic acids is 1. The van der Waals surface area contributed by atoms with Crippen LogP contribution in [0.3, 0.4) is 0 Å². The van der Waals surface area contributed by atoms with Crippen LogP contribution in [0.5, 0.6) is 0 Å². The van der Waals surface area contributed by atoms with Crippen LogP contribution in [0, 0.1) is 5.92 Å². The van der Waals surface area contributed by atoms with E-state index < -0.39 is 47.9 Å². The summed E-state index contributed by atoms with van der Waals surface area (Å²) in [5, 5.41) is 15.0. The zero-order chi connectivity index (χ0) is 28.2. The van der Waals surface area contributed by atoms with E-state index in [2.05, 4.69) is 15.6 Å². The number of carbonyl (C=O) groups excluding carboxylic acids is 3. The highest BCUT2D eigenvalue weighted by Gasteiger charge is 2.38. The number of nitrogens with one attached hydrogen (secondary N) is 2. The molecule has 0 aliphatic carbocycles. The molecular formula is C26H41N7O5. The molecule has 0 radical (unpaired) electrons. The molecule has 0 aromatic heterocycles. The third-order valence-corrected chi connectivity index (χ3v) is 6.36. The number of aliphatic imine (C=N–C) groups is 1. The molecule has 4 atom stereocenters. The maximum absolute atomic E-state index is 13.4. The van der Waals surface area contributed by atoms with E-state index in [4.69, 9.17) is 17.2 Å². The lowest BCUT2D eigenvalue weighted by molar-refractivity contribution is -0.149. The zero-order valence-electron chi connectivity index (χ0n) is 22.1. The molecule has 0 bridgehead atoms. The largest absolute Gasteiger partial charge is 0.480 e. The number of likely N-dealkylation sites (tertiary alicyclic amines) is 1. The number of hydrogen-bond acceptors (Lipinski definition) is 6. The molecule has 12 nitrogen and oxygen atoms in total. The fourth-order valence-electron chi connectivity index (χ4n) is 4.46. The topological polar surface area (TPSA) is 206 Å². The molecule has 1 aliphatic heterocycles. The van der Waals surface area contributed by atoms with Gasteiger partial charge in [0.05, 0.1) is 6.04 Å². The Balaban J connectivity index is 2.15. The first kappa shape index (κ1) is 30.6. The van der Waals surface area contributed by atoms with E-state index in [0.717, 1.165) is 5.56 Å². The molecule has 3 amide bonds. The van der Waals surface area contributed by atoms with E-state index in [9.17, 15) is 24.3 Å². The SMILES string of the molecule is CC(C)CC(NC(=O)C(N)Cc1ccccc1)C(=O)NC(CCCN=C(N)N)C(=O)N1CCCC1C(=O)O. The lowest BCUT2D eigenvalue weighted by Gasteiger charge is -2.29. The first-order valence-electron chi connectivity index (χ1n) is 13.0. The third kappa shape index (κ3) is 9.66. The van der Waals surface area contributed by atoms with Crippen molar-refractivity contribution in [3.05, 3.63) is 35.9 Å². The van der Waals surface area contributed by atoms with Gasteiger partial charge in [-0.1, -0.05) is 44.2 Å². The molecule has 0 spiro atoms. The molecule has 12 heteroatoms. The fourth-order valence-corrected chi connectivity index (χ4v) is 4.46. The Morgan fingerprint density at radius 3 is 2.34 bits per heavy atom. The van der Waals surface area contributed by atoms with Crippen molar-refractivity contribution in [3.63, 3.8) is 0 Å². The summed E-state index contributed by atoms with van der Waals surface area (Å²) < 4.78 is 0. The van der Waals surface area contributed by atoms with Crippen molar-refractivity contribution in [2.24, 2.45) is 28.1 Å². The molecule has 1 aliphatic rings. The minimum Gasteiger partial charge on any atom is -0.480 e. The van der Waals surface area contributed by atoms with Crippen molar-refractivity contribution in [3.8, 4) is 0 Å². The second kappa shape index (κ2) is 14.9. The Kier molecular flexibility index (Phi) is 12.0. The highest BCUT2D eigenvalue weighted by molar-refractivity contribution is 5.94. The number of rotatable bonds is 14. The van der Waals surface area contributed by atoms with Crippen molar-refractivity contribution < 1.29 is 24.3 Å². The molecule has 1 fully saturated rings. The molecule has 9 N–H and O–H groups in total. The van der Waals surface area contributed by atoms with Crippen LogP contribution in [0.15, 0.2) is 35.3 Å². The predicted octanol–water partition coefficient (Wildman–Crippen LogP) is -0.299. The number of nitrogens with two attached hydrogens (primary N) is 3. The van der Waals surface area contributed by atoms with Crippen molar-refractivity contribution in [1.29, 1.82) is 0 Å². The molecule has 1 saturated heterocycles. The highest BCUT2D eigenvalue weighted by Crippen LogP contribution is 2.20. The van der Waals surface area contributed by atoms with Crippen molar-refractivity contribution >= 4 is 29.7 Å². The molecular weight excluding hydrogens is 490 g/mol. The van der Waals surface area contributed by atoms with E-state index in [1.807, 2.05) is 44.2 Å². The quantitative estimate of drug-likeness (QED) is 0.106. The van der Waals surface area contributed by atoms with Crippen LogP contribution in [-0.4, -0.2) is 76.9 Å². The smallest absolute Gasteiger partial charge is 0.326 e. The van der Waals surface area contributed by atoms with Gasteiger partial charge < -0.3 is 37.8 Å². The van der Waals surface area contributed by atoms with Crippen molar-refractivity contribution in [2.45, 2.75) is 76.5 Å². The number of amides is 3. The summed E-state index contributed by atoms with van der Waals surface area (Å²) >= 11 is 0. The van der Waals surface area contributed by atoms with Gasteiger partial charge in [0.2, 0.25) is 17.7 Å². The number of hydrogen-bond donors (Lipinski definition) is 6.